The number of hydrogen-bond acceptors (Lipinski definition) is 3. The summed E-state index contributed by atoms with van der Waals surface area (Å²) in [7, 11) is 1.55. The minimum Gasteiger partial charge on any atom is -0.497 e. The van der Waals surface area contributed by atoms with Gasteiger partial charge in [-0.3, -0.25) is 9.69 Å². The van der Waals surface area contributed by atoms with Crippen LogP contribution in [0.25, 0.3) is 0 Å². The highest BCUT2D eigenvalue weighted by atomic mass is 19.1. The zero-order chi connectivity index (χ0) is 23.4. The maximum absolute atomic E-state index is 13.6. The Bertz CT molecular complexity index is 1150. The monoisotopic (exact) mass is 451 g/mol. The lowest BCUT2D eigenvalue weighted by atomic mass is 10.1. The third-order valence-electron chi connectivity index (χ3n) is 5.40. The Balaban J connectivity index is 1.53. The Morgan fingerprint density at radius 2 is 1.70 bits per heavy atom. The highest BCUT2D eigenvalue weighted by molar-refractivity contribution is 6.07. The fourth-order valence-corrected chi connectivity index (χ4v) is 3.83. The van der Waals surface area contributed by atoms with Crippen LogP contribution < -0.4 is 15.0 Å². The smallest absolute Gasteiger partial charge is 0.324 e. The topological polar surface area (TPSA) is 61.9 Å². The van der Waals surface area contributed by atoms with Crippen molar-refractivity contribution in [1.29, 1.82) is 0 Å². The molecule has 0 atom stereocenters. The minimum absolute atomic E-state index is 0.0877. The number of rotatable bonds is 6. The number of anilines is 2. The predicted octanol–water partition coefficient (Wildman–Crippen LogP) is 5.06. The van der Waals surface area contributed by atoms with Crippen molar-refractivity contribution in [3.05, 3.63) is 89.5 Å². The Morgan fingerprint density at radius 1 is 1.00 bits per heavy atom. The van der Waals surface area contributed by atoms with E-state index in [1.807, 2.05) is 0 Å². The molecular weight excluding hydrogens is 428 g/mol. The number of benzene rings is 3. The summed E-state index contributed by atoms with van der Waals surface area (Å²) in [5.74, 6) is -1.04. The first-order valence-corrected chi connectivity index (χ1v) is 10.5. The van der Waals surface area contributed by atoms with Crippen molar-refractivity contribution >= 4 is 23.3 Å². The fourth-order valence-electron chi connectivity index (χ4n) is 3.83. The lowest BCUT2D eigenvalue weighted by Gasteiger charge is -2.36. The van der Waals surface area contributed by atoms with Crippen molar-refractivity contribution in [2.45, 2.75) is 13.0 Å². The summed E-state index contributed by atoms with van der Waals surface area (Å²) >= 11 is 0. The molecule has 0 aromatic heterocycles. The molecule has 6 nitrogen and oxygen atoms in total. The number of amides is 3. The van der Waals surface area contributed by atoms with Crippen molar-refractivity contribution in [3.63, 3.8) is 0 Å². The Labute approximate surface area is 190 Å². The molecule has 0 saturated carbocycles. The Hall–Kier alpha value is -3.94. The molecule has 0 radical (unpaired) electrons. The summed E-state index contributed by atoms with van der Waals surface area (Å²) in [5, 5.41) is 2.87. The standard InChI is InChI=1S/C25H23F2N3O3/c1-33-21-9-7-18(8-10-21)24(31)28-22-5-2-3-6-23(22)30-12-4-11-29(25(30)32)16-17-13-19(26)15-20(27)14-17/h2-3,5-10,13-15H,4,11-12,16H2,1H3,(H,28,31). The van der Waals surface area contributed by atoms with Crippen LogP contribution in [0.15, 0.2) is 66.7 Å². The molecule has 33 heavy (non-hydrogen) atoms. The number of methoxy groups -OCH3 is 1. The van der Waals surface area contributed by atoms with Gasteiger partial charge in [0, 0.05) is 31.3 Å². The number of hydrogen-bond donors (Lipinski definition) is 1. The van der Waals surface area contributed by atoms with Crippen molar-refractivity contribution in [2.24, 2.45) is 0 Å². The van der Waals surface area contributed by atoms with E-state index in [0.29, 0.717) is 47.8 Å². The van der Waals surface area contributed by atoms with E-state index in [0.717, 1.165) is 6.07 Å². The number of nitrogens with one attached hydrogen (secondary N) is 1. The maximum Gasteiger partial charge on any atom is 0.324 e. The minimum atomic E-state index is -0.682. The first-order chi connectivity index (χ1) is 15.9. The first kappa shape index (κ1) is 22.3. The van der Waals surface area contributed by atoms with E-state index in [1.165, 1.54) is 12.1 Å². The summed E-state index contributed by atoms with van der Waals surface area (Å²) in [6, 6.07) is 16.7. The molecule has 3 aromatic rings. The van der Waals surface area contributed by atoms with Gasteiger partial charge in [0.2, 0.25) is 0 Å². The molecule has 1 fully saturated rings. The van der Waals surface area contributed by atoms with Crippen LogP contribution in [-0.4, -0.2) is 37.0 Å². The molecule has 0 spiro atoms. The van der Waals surface area contributed by atoms with Crippen LogP contribution in [0.3, 0.4) is 0 Å². The van der Waals surface area contributed by atoms with Crippen molar-refractivity contribution in [1.82, 2.24) is 4.90 Å². The fraction of sp³-hybridized carbons (Fsp3) is 0.200. The molecule has 0 unspecified atom stereocenters. The second-order valence-corrected chi connectivity index (χ2v) is 7.69. The molecule has 1 heterocycles. The third-order valence-corrected chi connectivity index (χ3v) is 5.40. The molecule has 0 bridgehead atoms. The molecule has 1 N–H and O–H groups in total. The van der Waals surface area contributed by atoms with Crippen LogP contribution >= 0.6 is 0 Å². The van der Waals surface area contributed by atoms with Gasteiger partial charge in [-0.05, 0) is 60.5 Å². The SMILES string of the molecule is COc1ccc(C(=O)Nc2ccccc2N2CCCN(Cc3cc(F)cc(F)c3)C2=O)cc1. The van der Waals surface area contributed by atoms with Gasteiger partial charge >= 0.3 is 6.03 Å². The molecule has 4 rings (SSSR count). The van der Waals surface area contributed by atoms with E-state index in [2.05, 4.69) is 5.32 Å². The maximum atomic E-state index is 13.6. The van der Waals surface area contributed by atoms with E-state index in [9.17, 15) is 18.4 Å². The largest absolute Gasteiger partial charge is 0.497 e. The van der Waals surface area contributed by atoms with Gasteiger partial charge in [0.15, 0.2) is 0 Å². The number of urea groups is 1. The van der Waals surface area contributed by atoms with Crippen LogP contribution in [0.1, 0.15) is 22.3 Å². The normalized spacial score (nSPS) is 13.7. The number of nitrogens with zero attached hydrogens (tertiary/aromatic N) is 2. The van der Waals surface area contributed by atoms with Crippen molar-refractivity contribution < 1.29 is 23.1 Å². The lowest BCUT2D eigenvalue weighted by Crippen LogP contribution is -2.49. The average Bonchev–Trinajstić information content (AvgIpc) is 2.80. The van der Waals surface area contributed by atoms with E-state index < -0.39 is 11.6 Å². The average molecular weight is 451 g/mol. The molecule has 1 aliphatic rings. The summed E-state index contributed by atoms with van der Waals surface area (Å²) in [6.45, 7) is 1.01. The Kier molecular flexibility index (Phi) is 6.53. The van der Waals surface area contributed by atoms with Crippen LogP contribution in [0, 0.1) is 11.6 Å². The van der Waals surface area contributed by atoms with E-state index in [1.54, 1.807) is 65.4 Å². The zero-order valence-corrected chi connectivity index (χ0v) is 18.1. The van der Waals surface area contributed by atoms with Gasteiger partial charge in [-0.15, -0.1) is 0 Å². The highest BCUT2D eigenvalue weighted by Crippen LogP contribution is 2.30. The molecular formula is C25H23F2N3O3. The summed E-state index contributed by atoms with van der Waals surface area (Å²) in [6.07, 6.45) is 0.671. The second kappa shape index (κ2) is 9.68. The molecule has 3 amide bonds. The quantitative estimate of drug-likeness (QED) is 0.570. The van der Waals surface area contributed by atoms with Gasteiger partial charge in [-0.1, -0.05) is 12.1 Å². The third kappa shape index (κ3) is 5.11. The van der Waals surface area contributed by atoms with Gasteiger partial charge in [0.05, 0.1) is 18.5 Å². The van der Waals surface area contributed by atoms with Gasteiger partial charge in [0.1, 0.15) is 17.4 Å². The van der Waals surface area contributed by atoms with Crippen LogP contribution in [0.2, 0.25) is 0 Å². The number of halogens is 2. The van der Waals surface area contributed by atoms with Gasteiger partial charge in [0.25, 0.3) is 5.91 Å². The zero-order valence-electron chi connectivity index (χ0n) is 18.1. The van der Waals surface area contributed by atoms with E-state index >= 15 is 0 Å². The molecule has 1 aliphatic heterocycles. The van der Waals surface area contributed by atoms with E-state index in [4.69, 9.17) is 4.74 Å². The van der Waals surface area contributed by atoms with Gasteiger partial charge in [-0.2, -0.15) is 0 Å². The number of ether oxygens (including phenoxy) is 1. The predicted molar refractivity (Wildman–Crippen MR) is 122 cm³/mol. The second-order valence-electron chi connectivity index (χ2n) is 7.69. The summed E-state index contributed by atoms with van der Waals surface area (Å²) in [4.78, 5) is 29.1. The molecule has 0 aliphatic carbocycles. The molecule has 8 heteroatoms. The highest BCUT2D eigenvalue weighted by Gasteiger charge is 2.28. The molecule has 170 valence electrons. The first-order valence-electron chi connectivity index (χ1n) is 10.5. The van der Waals surface area contributed by atoms with Crippen molar-refractivity contribution in [2.75, 3.05) is 30.4 Å². The van der Waals surface area contributed by atoms with Crippen molar-refractivity contribution in [3.8, 4) is 5.75 Å². The Morgan fingerprint density at radius 3 is 2.39 bits per heavy atom. The number of carbonyl (C=O) groups is 2. The van der Waals surface area contributed by atoms with Crippen LogP contribution in [0.5, 0.6) is 5.75 Å². The van der Waals surface area contributed by atoms with Crippen LogP contribution in [0.4, 0.5) is 25.0 Å². The number of carbonyl (C=O) groups excluding carboxylic acids is 2. The van der Waals surface area contributed by atoms with E-state index in [-0.39, 0.29) is 18.5 Å². The van der Waals surface area contributed by atoms with Crippen LogP contribution in [-0.2, 0) is 6.54 Å². The molecule has 1 saturated heterocycles. The van der Waals surface area contributed by atoms with Gasteiger partial charge in [-0.25, -0.2) is 13.6 Å². The van der Waals surface area contributed by atoms with Gasteiger partial charge < -0.3 is 15.0 Å². The summed E-state index contributed by atoms with van der Waals surface area (Å²) in [5.41, 5.74) is 1.87. The molecule has 3 aromatic carbocycles. The number of para-hydroxylation sites is 2. The lowest BCUT2D eigenvalue weighted by molar-refractivity contribution is 0.102. The summed E-state index contributed by atoms with van der Waals surface area (Å²) < 4.78 is 32.3.